The van der Waals surface area contributed by atoms with Crippen LogP contribution in [-0.2, 0) is 12.5 Å². The van der Waals surface area contributed by atoms with Crippen molar-refractivity contribution in [2.45, 2.75) is 64.3 Å². The van der Waals surface area contributed by atoms with E-state index in [-0.39, 0.29) is 12.1 Å². The minimum Gasteiger partial charge on any atom is -0.429 e. The molecular weight excluding hydrogens is 472 g/mol. The molecule has 0 amide bonds. The zero-order valence-electron chi connectivity index (χ0n) is 18.3. The average molecular weight is 496 g/mol. The van der Waals surface area contributed by atoms with Crippen LogP contribution in [0.15, 0.2) is 30.3 Å². The first-order valence-electron chi connectivity index (χ1n) is 11.0. The number of halogens is 8. The van der Waals surface area contributed by atoms with Gasteiger partial charge in [-0.05, 0) is 42.4 Å². The lowest BCUT2D eigenvalue weighted by atomic mass is 9.78. The predicted molar refractivity (Wildman–Crippen MR) is 108 cm³/mol. The third-order valence-electron chi connectivity index (χ3n) is 6.17. The minimum absolute atomic E-state index is 0.0948. The summed E-state index contributed by atoms with van der Waals surface area (Å²) in [5.41, 5.74) is -0.642. The molecule has 0 radical (unpaired) electrons. The molecule has 3 rings (SSSR count). The summed E-state index contributed by atoms with van der Waals surface area (Å²) in [6.45, 7) is 2.17. The van der Waals surface area contributed by atoms with E-state index in [0.29, 0.717) is 17.9 Å². The molecule has 0 heterocycles. The van der Waals surface area contributed by atoms with Crippen LogP contribution < -0.4 is 9.47 Å². The molecule has 1 saturated carbocycles. The Balaban J connectivity index is 1.67. The second-order valence-corrected chi connectivity index (χ2v) is 8.53. The number of rotatable bonds is 8. The molecule has 2 aromatic rings. The first kappa shape index (κ1) is 26.1. The topological polar surface area (TPSA) is 18.5 Å². The quantitative estimate of drug-likeness (QED) is 0.343. The van der Waals surface area contributed by atoms with Crippen molar-refractivity contribution in [3.63, 3.8) is 0 Å². The van der Waals surface area contributed by atoms with E-state index in [4.69, 9.17) is 0 Å². The SMILES string of the molecule is CC[C@H]1CC[C@H](CCc2ccc(C(F)(F)Oc3cc(F)c(OC(F)(F)F)c(F)c3)c(F)c2)CC1. The lowest BCUT2D eigenvalue weighted by Gasteiger charge is -2.27. The molecule has 0 bridgehead atoms. The van der Waals surface area contributed by atoms with Gasteiger partial charge < -0.3 is 9.47 Å². The molecule has 1 aliphatic rings. The van der Waals surface area contributed by atoms with E-state index < -0.39 is 47.0 Å². The van der Waals surface area contributed by atoms with E-state index in [1.165, 1.54) is 6.07 Å². The normalized spacial score (nSPS) is 19.2. The van der Waals surface area contributed by atoms with E-state index >= 15 is 0 Å². The first-order valence-corrected chi connectivity index (χ1v) is 11.0. The lowest BCUT2D eigenvalue weighted by molar-refractivity contribution is -0.276. The molecule has 0 N–H and O–H groups in total. The number of hydrogen-bond donors (Lipinski definition) is 0. The number of hydrogen-bond acceptors (Lipinski definition) is 2. The zero-order chi connectivity index (χ0) is 25.1. The van der Waals surface area contributed by atoms with Crippen LogP contribution in [0.3, 0.4) is 0 Å². The number of aryl methyl sites for hydroxylation is 1. The molecule has 0 aliphatic heterocycles. The number of alkyl halides is 5. The highest BCUT2D eigenvalue weighted by molar-refractivity contribution is 5.36. The number of benzene rings is 2. The molecule has 0 saturated heterocycles. The van der Waals surface area contributed by atoms with Crippen LogP contribution >= 0.6 is 0 Å². The van der Waals surface area contributed by atoms with Crippen molar-refractivity contribution < 1.29 is 44.6 Å². The smallest absolute Gasteiger partial charge is 0.429 e. The van der Waals surface area contributed by atoms with E-state index in [9.17, 15) is 35.1 Å². The van der Waals surface area contributed by atoms with Crippen molar-refractivity contribution in [1.82, 2.24) is 0 Å². The van der Waals surface area contributed by atoms with E-state index in [1.54, 1.807) is 0 Å². The molecule has 1 aliphatic carbocycles. The molecule has 0 atom stereocenters. The van der Waals surface area contributed by atoms with Crippen LogP contribution in [0.2, 0.25) is 0 Å². The molecule has 0 aromatic heterocycles. The summed E-state index contributed by atoms with van der Waals surface area (Å²) < 4.78 is 115. The molecule has 2 nitrogen and oxygen atoms in total. The average Bonchev–Trinajstić information content (AvgIpc) is 2.74. The first-order chi connectivity index (χ1) is 15.9. The minimum atomic E-state index is -5.40. The number of ether oxygens (including phenoxy) is 2. The molecule has 188 valence electrons. The molecule has 0 unspecified atom stereocenters. The largest absolute Gasteiger partial charge is 0.573 e. The fourth-order valence-electron chi connectivity index (χ4n) is 4.26. The Morgan fingerprint density at radius 2 is 1.38 bits per heavy atom. The van der Waals surface area contributed by atoms with Gasteiger partial charge in [-0.2, -0.15) is 8.78 Å². The highest BCUT2D eigenvalue weighted by Crippen LogP contribution is 2.38. The maximum Gasteiger partial charge on any atom is 0.573 e. The van der Waals surface area contributed by atoms with Crippen LogP contribution in [0.4, 0.5) is 35.1 Å². The van der Waals surface area contributed by atoms with Crippen LogP contribution in [-0.4, -0.2) is 6.36 Å². The monoisotopic (exact) mass is 496 g/mol. The van der Waals surface area contributed by atoms with Crippen molar-refractivity contribution in [3.8, 4) is 11.5 Å². The van der Waals surface area contributed by atoms with Crippen LogP contribution in [0, 0.1) is 29.3 Å². The van der Waals surface area contributed by atoms with Crippen molar-refractivity contribution >= 4 is 0 Å². The Morgan fingerprint density at radius 3 is 1.91 bits per heavy atom. The van der Waals surface area contributed by atoms with Gasteiger partial charge in [-0.25, -0.2) is 13.2 Å². The van der Waals surface area contributed by atoms with E-state index in [1.807, 2.05) is 0 Å². The molecule has 2 aromatic carbocycles. The maximum absolute atomic E-state index is 14.5. The maximum atomic E-state index is 14.5. The fraction of sp³-hybridized carbons (Fsp3) is 0.500. The Labute approximate surface area is 191 Å². The van der Waals surface area contributed by atoms with Gasteiger partial charge in [0.25, 0.3) is 0 Å². The van der Waals surface area contributed by atoms with Gasteiger partial charge in [0.1, 0.15) is 11.6 Å². The van der Waals surface area contributed by atoms with Gasteiger partial charge in [-0.3, -0.25) is 0 Å². The molecule has 1 fully saturated rings. The van der Waals surface area contributed by atoms with Crippen molar-refractivity contribution in [2.75, 3.05) is 0 Å². The second-order valence-electron chi connectivity index (χ2n) is 8.53. The highest BCUT2D eigenvalue weighted by atomic mass is 19.4. The third kappa shape index (κ3) is 6.76. The molecule has 0 spiro atoms. The second kappa shape index (κ2) is 10.4. The van der Waals surface area contributed by atoms with E-state index in [2.05, 4.69) is 16.4 Å². The van der Waals surface area contributed by atoms with Gasteiger partial charge in [0.2, 0.25) is 5.75 Å². The Hall–Kier alpha value is -2.52. The Morgan fingerprint density at radius 1 is 0.794 bits per heavy atom. The molecule has 34 heavy (non-hydrogen) atoms. The Bertz CT molecular complexity index is 958. The van der Waals surface area contributed by atoms with Gasteiger partial charge in [0.15, 0.2) is 11.6 Å². The highest BCUT2D eigenvalue weighted by Gasteiger charge is 2.39. The van der Waals surface area contributed by atoms with Crippen molar-refractivity contribution in [1.29, 1.82) is 0 Å². The summed E-state index contributed by atoms with van der Waals surface area (Å²) in [5.74, 6) is -6.80. The predicted octanol–water partition coefficient (Wildman–Crippen LogP) is 8.28. The molecular formula is C24H24F8O2. The summed E-state index contributed by atoms with van der Waals surface area (Å²) in [6.07, 6.45) is -2.77. The van der Waals surface area contributed by atoms with Crippen molar-refractivity contribution in [2.24, 2.45) is 11.8 Å². The van der Waals surface area contributed by atoms with Gasteiger partial charge in [-0.1, -0.05) is 45.1 Å². The van der Waals surface area contributed by atoms with Gasteiger partial charge in [0.05, 0.1) is 5.56 Å². The van der Waals surface area contributed by atoms with Crippen LogP contribution in [0.5, 0.6) is 11.5 Å². The third-order valence-corrected chi connectivity index (χ3v) is 6.17. The summed E-state index contributed by atoms with van der Waals surface area (Å²) >= 11 is 0. The summed E-state index contributed by atoms with van der Waals surface area (Å²) in [5, 5.41) is 0. The van der Waals surface area contributed by atoms with Crippen LogP contribution in [0.25, 0.3) is 0 Å². The fourth-order valence-corrected chi connectivity index (χ4v) is 4.26. The Kier molecular flexibility index (Phi) is 7.98. The van der Waals surface area contributed by atoms with Gasteiger partial charge in [-0.15, -0.1) is 13.2 Å². The van der Waals surface area contributed by atoms with Gasteiger partial charge >= 0.3 is 12.5 Å². The standard InChI is InChI=1S/C24H24F8O2/c1-2-14-3-5-15(6-4-14)7-8-16-9-10-18(19(25)11-16)23(28,29)33-17-12-20(26)22(21(27)13-17)34-24(30,31)32/h9-15H,2-8H2,1H3/t14-,15-. The summed E-state index contributed by atoms with van der Waals surface area (Å²) in [4.78, 5) is 0. The zero-order valence-corrected chi connectivity index (χ0v) is 18.3. The van der Waals surface area contributed by atoms with E-state index in [0.717, 1.165) is 56.6 Å². The van der Waals surface area contributed by atoms with Gasteiger partial charge in [0, 0.05) is 12.1 Å². The van der Waals surface area contributed by atoms with Crippen LogP contribution in [0.1, 0.15) is 56.6 Å². The summed E-state index contributed by atoms with van der Waals surface area (Å²) in [6, 6.07) is 3.31. The van der Waals surface area contributed by atoms with Crippen molar-refractivity contribution in [3.05, 3.63) is 58.9 Å². The summed E-state index contributed by atoms with van der Waals surface area (Å²) in [7, 11) is 0. The molecule has 10 heteroatoms. The lowest BCUT2D eigenvalue weighted by Crippen LogP contribution is -2.24.